The van der Waals surface area contributed by atoms with Gasteiger partial charge in [-0.2, -0.15) is 4.98 Å². The lowest BCUT2D eigenvalue weighted by molar-refractivity contribution is -0.922. The smallest absolute Gasteiger partial charge is 0.232 e. The minimum absolute atomic E-state index is 0.666. The molecule has 1 aliphatic heterocycles. The Hall–Kier alpha value is -2.22. The largest absolute Gasteiger partial charge is 0.493 e. The molecule has 3 aromatic rings. The van der Waals surface area contributed by atoms with Crippen LogP contribution in [0.2, 0.25) is 0 Å². The molecule has 0 spiro atoms. The molecular formula is C23H28N3O3S+. The van der Waals surface area contributed by atoms with E-state index >= 15 is 0 Å². The van der Waals surface area contributed by atoms with Crippen molar-refractivity contribution in [1.29, 1.82) is 0 Å². The van der Waals surface area contributed by atoms with E-state index in [1.165, 1.54) is 21.8 Å². The molecule has 1 saturated heterocycles. The van der Waals surface area contributed by atoms with Crippen molar-refractivity contribution in [2.75, 3.05) is 33.4 Å². The van der Waals surface area contributed by atoms with Crippen LogP contribution in [0.15, 0.2) is 24.3 Å². The van der Waals surface area contributed by atoms with Gasteiger partial charge >= 0.3 is 0 Å². The summed E-state index contributed by atoms with van der Waals surface area (Å²) in [5.74, 6) is 3.63. The normalized spacial score (nSPS) is 19.6. The lowest BCUT2D eigenvalue weighted by Gasteiger charge is -2.23. The van der Waals surface area contributed by atoms with Crippen molar-refractivity contribution >= 4 is 21.6 Å². The summed E-state index contributed by atoms with van der Waals surface area (Å²) in [5, 5.41) is 1.09. The predicted octanol–water partition coefficient (Wildman–Crippen LogP) is 3.03. The Kier molecular flexibility index (Phi) is 5.58. The molecule has 0 unspecified atom stereocenters. The number of quaternary nitrogens is 1. The highest BCUT2D eigenvalue weighted by Gasteiger charge is 2.26. The third-order valence-electron chi connectivity index (χ3n) is 6.05. The average Bonchev–Trinajstić information content (AvgIpc) is 3.12. The maximum Gasteiger partial charge on any atom is 0.232 e. The number of thiophene rings is 1. The van der Waals surface area contributed by atoms with Crippen LogP contribution in [-0.2, 0) is 24.1 Å². The van der Waals surface area contributed by atoms with E-state index in [9.17, 15) is 0 Å². The van der Waals surface area contributed by atoms with Crippen molar-refractivity contribution in [2.45, 2.75) is 32.7 Å². The summed E-state index contributed by atoms with van der Waals surface area (Å²) in [6.45, 7) is 6.70. The van der Waals surface area contributed by atoms with Gasteiger partial charge in [0, 0.05) is 4.88 Å². The quantitative estimate of drug-likeness (QED) is 0.680. The second-order valence-electron chi connectivity index (χ2n) is 8.27. The van der Waals surface area contributed by atoms with Gasteiger partial charge in [-0.3, -0.25) is 0 Å². The number of rotatable bonds is 5. The first-order valence-electron chi connectivity index (χ1n) is 10.7. The lowest BCUT2D eigenvalue weighted by Crippen LogP contribution is -3.12. The Labute approximate surface area is 180 Å². The highest BCUT2D eigenvalue weighted by molar-refractivity contribution is 7.18. The number of hydrogen-bond acceptors (Lipinski definition) is 6. The number of ether oxygens (including phenoxy) is 3. The first-order valence-corrected chi connectivity index (χ1v) is 11.6. The van der Waals surface area contributed by atoms with Crippen molar-refractivity contribution in [3.8, 4) is 17.4 Å². The van der Waals surface area contributed by atoms with Gasteiger partial charge < -0.3 is 19.1 Å². The van der Waals surface area contributed by atoms with Crippen molar-refractivity contribution in [3.05, 3.63) is 40.5 Å². The number of nitrogens with one attached hydrogen (secondary N) is 1. The molecule has 0 saturated carbocycles. The number of aromatic nitrogens is 2. The van der Waals surface area contributed by atoms with Gasteiger partial charge in [-0.15, -0.1) is 11.3 Å². The summed E-state index contributed by atoms with van der Waals surface area (Å²) in [4.78, 5) is 13.9. The fourth-order valence-corrected chi connectivity index (χ4v) is 5.76. The minimum atomic E-state index is 0.666. The van der Waals surface area contributed by atoms with E-state index in [0.29, 0.717) is 17.4 Å². The first kappa shape index (κ1) is 19.7. The monoisotopic (exact) mass is 426 g/mol. The van der Waals surface area contributed by atoms with Crippen LogP contribution in [0.25, 0.3) is 10.2 Å². The molecule has 1 N–H and O–H groups in total. The van der Waals surface area contributed by atoms with E-state index in [-0.39, 0.29) is 0 Å². The minimum Gasteiger partial charge on any atom is -0.493 e. The average molecular weight is 427 g/mol. The van der Waals surface area contributed by atoms with Crippen LogP contribution in [0, 0.1) is 5.92 Å². The molecule has 5 rings (SSSR count). The van der Waals surface area contributed by atoms with Crippen molar-refractivity contribution in [2.24, 2.45) is 5.92 Å². The van der Waals surface area contributed by atoms with Crippen LogP contribution in [-0.4, -0.2) is 43.4 Å². The zero-order valence-electron chi connectivity index (χ0n) is 17.6. The van der Waals surface area contributed by atoms with Gasteiger partial charge in [-0.1, -0.05) is 19.1 Å². The third-order valence-corrected chi connectivity index (χ3v) is 7.20. The number of para-hydroxylation sites is 2. The van der Waals surface area contributed by atoms with Crippen LogP contribution in [0.1, 0.15) is 29.6 Å². The van der Waals surface area contributed by atoms with Crippen molar-refractivity contribution < 1.29 is 19.1 Å². The molecule has 3 heterocycles. The Morgan fingerprint density at radius 2 is 1.97 bits per heavy atom. The standard InChI is InChI=1S/C23H27N3O3S/c1-15-7-8-16-19(13-15)30-23-21(16)22(29-18-6-4-3-5-17(18)27-2)24-20(25-23)14-26-9-11-28-12-10-26/h3-6,15H,7-14H2,1-2H3/p+1/t15-/m1/s1. The predicted molar refractivity (Wildman–Crippen MR) is 117 cm³/mol. The van der Waals surface area contributed by atoms with Gasteiger partial charge in [0.05, 0.1) is 25.7 Å². The number of methoxy groups -OCH3 is 1. The van der Waals surface area contributed by atoms with Gasteiger partial charge in [-0.05, 0) is 42.9 Å². The number of hydrogen-bond donors (Lipinski definition) is 1. The number of fused-ring (bicyclic) bond motifs is 3. The van der Waals surface area contributed by atoms with E-state index in [4.69, 9.17) is 24.2 Å². The Balaban J connectivity index is 1.58. The van der Waals surface area contributed by atoms with Gasteiger partial charge in [0.1, 0.15) is 24.5 Å². The second kappa shape index (κ2) is 8.49. The maximum atomic E-state index is 6.39. The second-order valence-corrected chi connectivity index (χ2v) is 9.35. The van der Waals surface area contributed by atoms with Gasteiger partial charge in [0.15, 0.2) is 17.3 Å². The summed E-state index contributed by atoms with van der Waals surface area (Å²) in [7, 11) is 1.67. The molecule has 1 atom stereocenters. The summed E-state index contributed by atoms with van der Waals surface area (Å²) < 4.78 is 17.4. The molecule has 7 heteroatoms. The molecule has 6 nitrogen and oxygen atoms in total. The highest BCUT2D eigenvalue weighted by atomic mass is 32.1. The summed E-state index contributed by atoms with van der Waals surface area (Å²) in [6, 6.07) is 7.75. The van der Waals surface area contributed by atoms with Crippen molar-refractivity contribution in [3.63, 3.8) is 0 Å². The van der Waals surface area contributed by atoms with Gasteiger partial charge in [0.25, 0.3) is 0 Å². The molecule has 30 heavy (non-hydrogen) atoms. The molecule has 0 bridgehead atoms. The van der Waals surface area contributed by atoms with Gasteiger partial charge in [-0.25, -0.2) is 4.98 Å². The molecule has 0 amide bonds. The van der Waals surface area contributed by atoms with E-state index < -0.39 is 0 Å². The van der Waals surface area contributed by atoms with E-state index in [1.54, 1.807) is 7.11 Å². The van der Waals surface area contributed by atoms with E-state index in [0.717, 1.165) is 67.6 Å². The molecule has 1 aromatic carbocycles. The fraction of sp³-hybridized carbons (Fsp3) is 0.478. The van der Waals surface area contributed by atoms with Crippen LogP contribution in [0.4, 0.5) is 0 Å². The molecular weight excluding hydrogens is 398 g/mol. The van der Waals surface area contributed by atoms with Crippen LogP contribution < -0.4 is 14.4 Å². The number of morpholine rings is 1. The first-order chi connectivity index (χ1) is 14.7. The summed E-state index contributed by atoms with van der Waals surface area (Å²) in [5.41, 5.74) is 1.38. The van der Waals surface area contributed by atoms with Crippen molar-refractivity contribution in [1.82, 2.24) is 9.97 Å². The van der Waals surface area contributed by atoms with Gasteiger partial charge in [0.2, 0.25) is 5.88 Å². The Morgan fingerprint density at radius 3 is 2.77 bits per heavy atom. The Morgan fingerprint density at radius 1 is 1.17 bits per heavy atom. The molecule has 1 fully saturated rings. The topological polar surface area (TPSA) is 57.9 Å². The number of nitrogens with zero attached hydrogens (tertiary/aromatic N) is 2. The zero-order chi connectivity index (χ0) is 20.5. The lowest BCUT2D eigenvalue weighted by atomic mass is 9.89. The molecule has 0 radical (unpaired) electrons. The van der Waals surface area contributed by atoms with E-state index in [1.807, 2.05) is 35.6 Å². The number of benzene rings is 1. The summed E-state index contributed by atoms with van der Waals surface area (Å²) in [6.07, 6.45) is 3.39. The highest BCUT2D eigenvalue weighted by Crippen LogP contribution is 2.42. The third kappa shape index (κ3) is 3.89. The Bertz CT molecular complexity index is 1050. The zero-order valence-corrected chi connectivity index (χ0v) is 18.4. The maximum absolute atomic E-state index is 6.39. The summed E-state index contributed by atoms with van der Waals surface area (Å²) >= 11 is 1.82. The fourth-order valence-electron chi connectivity index (χ4n) is 4.37. The number of aryl methyl sites for hydroxylation is 1. The SMILES string of the molecule is COc1ccccc1Oc1nc(C[NH+]2CCOCC2)nc2sc3c(c12)CC[C@@H](C)C3. The van der Waals surface area contributed by atoms with E-state index in [2.05, 4.69) is 6.92 Å². The van der Waals surface area contributed by atoms with Crippen LogP contribution >= 0.6 is 11.3 Å². The molecule has 158 valence electrons. The van der Waals surface area contributed by atoms with Crippen LogP contribution in [0.5, 0.6) is 17.4 Å². The molecule has 2 aromatic heterocycles. The molecule has 2 aliphatic rings. The molecule has 1 aliphatic carbocycles. The van der Waals surface area contributed by atoms with Crippen LogP contribution in [0.3, 0.4) is 0 Å².